The molecule has 2 fully saturated rings. The van der Waals surface area contributed by atoms with Crippen LogP contribution in [0.5, 0.6) is 0 Å². The molecule has 22 heavy (non-hydrogen) atoms. The van der Waals surface area contributed by atoms with Gasteiger partial charge in [0.1, 0.15) is 0 Å². The van der Waals surface area contributed by atoms with Crippen LogP contribution in [0.4, 0.5) is 0 Å². The third-order valence-electron chi connectivity index (χ3n) is 4.68. The molecule has 1 aromatic heterocycles. The Labute approximate surface area is 132 Å². The molecule has 0 saturated carbocycles. The number of ether oxygens (including phenoxy) is 1. The maximum atomic E-state index is 10.4. The monoisotopic (exact) mass is 308 g/mol. The van der Waals surface area contributed by atoms with Gasteiger partial charge in [-0.25, -0.2) is 0 Å². The van der Waals surface area contributed by atoms with Gasteiger partial charge in [0, 0.05) is 38.4 Å². The van der Waals surface area contributed by atoms with Gasteiger partial charge in [0.25, 0.3) is 0 Å². The summed E-state index contributed by atoms with van der Waals surface area (Å²) in [7, 11) is 0. The Morgan fingerprint density at radius 3 is 2.86 bits per heavy atom. The number of hydrogen-bond acceptors (Lipinski definition) is 5. The second-order valence-corrected chi connectivity index (χ2v) is 6.60. The van der Waals surface area contributed by atoms with Gasteiger partial charge in [-0.05, 0) is 31.9 Å². The molecule has 0 amide bonds. The number of likely N-dealkylation sites (tertiary alicyclic amines) is 1. The lowest BCUT2D eigenvalue weighted by atomic mass is 10.2. The second-order valence-electron chi connectivity index (χ2n) is 6.60. The number of nitrogens with zero attached hydrogens (tertiary/aromatic N) is 4. The maximum absolute atomic E-state index is 10.4. The number of β-amino-alcohol motifs (C(OH)–C–C–N with tert-alkyl or cyclic N) is 1. The van der Waals surface area contributed by atoms with Crippen molar-refractivity contribution in [2.75, 3.05) is 45.9 Å². The number of hydrogen-bond donors (Lipinski definition) is 1. The highest BCUT2D eigenvalue weighted by Crippen LogP contribution is 2.19. The van der Waals surface area contributed by atoms with Crippen LogP contribution >= 0.6 is 0 Å². The molecule has 0 aliphatic carbocycles. The molecule has 2 atom stereocenters. The van der Waals surface area contributed by atoms with E-state index < -0.39 is 0 Å². The van der Waals surface area contributed by atoms with E-state index in [1.54, 1.807) is 0 Å². The van der Waals surface area contributed by atoms with E-state index in [9.17, 15) is 5.11 Å². The SMILES string of the molecule is Cc1cnn(C[C@@H]2CCCN2C[C@@H](O)CN2CCOCC2)c1. The summed E-state index contributed by atoms with van der Waals surface area (Å²) in [6, 6.07) is 0.499. The lowest BCUT2D eigenvalue weighted by Crippen LogP contribution is -2.46. The van der Waals surface area contributed by atoms with Crippen LogP contribution in [0.1, 0.15) is 18.4 Å². The highest BCUT2D eigenvalue weighted by Gasteiger charge is 2.27. The van der Waals surface area contributed by atoms with E-state index in [4.69, 9.17) is 4.74 Å². The minimum absolute atomic E-state index is 0.280. The van der Waals surface area contributed by atoms with E-state index >= 15 is 0 Å². The summed E-state index contributed by atoms with van der Waals surface area (Å²) in [6.45, 7) is 9.07. The Morgan fingerprint density at radius 2 is 2.14 bits per heavy atom. The Kier molecular flexibility index (Phi) is 5.46. The van der Waals surface area contributed by atoms with Crippen molar-refractivity contribution in [2.24, 2.45) is 0 Å². The molecular formula is C16H28N4O2. The van der Waals surface area contributed by atoms with Crippen LogP contribution in [0.15, 0.2) is 12.4 Å². The van der Waals surface area contributed by atoms with E-state index in [-0.39, 0.29) is 6.10 Å². The number of aromatic nitrogens is 2. The number of aliphatic hydroxyl groups excluding tert-OH is 1. The minimum atomic E-state index is -0.280. The second kappa shape index (κ2) is 7.55. The zero-order valence-corrected chi connectivity index (χ0v) is 13.5. The van der Waals surface area contributed by atoms with E-state index in [1.165, 1.54) is 18.4 Å². The summed E-state index contributed by atoms with van der Waals surface area (Å²) >= 11 is 0. The van der Waals surface area contributed by atoms with Gasteiger partial charge < -0.3 is 9.84 Å². The molecule has 0 unspecified atom stereocenters. The first kappa shape index (κ1) is 15.9. The predicted octanol–water partition coefficient (Wildman–Crippen LogP) is 0.349. The van der Waals surface area contributed by atoms with Crippen LogP contribution in [0, 0.1) is 6.92 Å². The quantitative estimate of drug-likeness (QED) is 0.822. The average Bonchev–Trinajstić information content (AvgIpc) is 3.10. The van der Waals surface area contributed by atoms with Crippen LogP contribution in [-0.4, -0.2) is 82.8 Å². The van der Waals surface area contributed by atoms with Gasteiger partial charge in [-0.15, -0.1) is 0 Å². The third kappa shape index (κ3) is 4.29. The first-order valence-electron chi connectivity index (χ1n) is 8.42. The molecule has 3 heterocycles. The fourth-order valence-electron chi connectivity index (χ4n) is 3.54. The van der Waals surface area contributed by atoms with Crippen molar-refractivity contribution in [3.05, 3.63) is 18.0 Å². The van der Waals surface area contributed by atoms with E-state index in [2.05, 4.69) is 28.0 Å². The molecule has 6 nitrogen and oxygen atoms in total. The molecule has 124 valence electrons. The lowest BCUT2D eigenvalue weighted by molar-refractivity contribution is 0.00531. The Balaban J connectivity index is 1.47. The molecule has 3 rings (SSSR count). The fourth-order valence-corrected chi connectivity index (χ4v) is 3.54. The standard InChI is InChI=1S/C16H28N4O2/c1-14-9-17-20(10-14)11-15-3-2-4-19(15)13-16(21)12-18-5-7-22-8-6-18/h9-10,15-16,21H,2-8,11-13H2,1H3/t15-,16-/m0/s1. The van der Waals surface area contributed by atoms with Gasteiger partial charge in [-0.1, -0.05) is 0 Å². The molecule has 0 bridgehead atoms. The van der Waals surface area contributed by atoms with Crippen molar-refractivity contribution in [2.45, 2.75) is 38.5 Å². The largest absolute Gasteiger partial charge is 0.390 e. The number of aryl methyl sites for hydroxylation is 1. The van der Waals surface area contributed by atoms with E-state index in [0.717, 1.165) is 52.5 Å². The summed E-state index contributed by atoms with van der Waals surface area (Å²) in [5, 5.41) is 14.8. The van der Waals surface area contributed by atoms with Gasteiger partial charge in [0.15, 0.2) is 0 Å². The van der Waals surface area contributed by atoms with Gasteiger partial charge in [-0.2, -0.15) is 5.10 Å². The van der Waals surface area contributed by atoms with Gasteiger partial charge in [-0.3, -0.25) is 14.5 Å². The summed E-state index contributed by atoms with van der Waals surface area (Å²) in [4.78, 5) is 4.73. The summed E-state index contributed by atoms with van der Waals surface area (Å²) < 4.78 is 7.39. The predicted molar refractivity (Wildman–Crippen MR) is 84.8 cm³/mol. The lowest BCUT2D eigenvalue weighted by Gasteiger charge is -2.31. The van der Waals surface area contributed by atoms with Crippen molar-refractivity contribution in [1.82, 2.24) is 19.6 Å². The zero-order valence-electron chi connectivity index (χ0n) is 13.5. The minimum Gasteiger partial charge on any atom is -0.390 e. The molecule has 2 aliphatic rings. The molecule has 0 spiro atoms. The van der Waals surface area contributed by atoms with Crippen molar-refractivity contribution in [3.8, 4) is 0 Å². The highest BCUT2D eigenvalue weighted by atomic mass is 16.5. The van der Waals surface area contributed by atoms with Crippen LogP contribution < -0.4 is 0 Å². The molecule has 0 aromatic carbocycles. The van der Waals surface area contributed by atoms with E-state index in [1.807, 2.05) is 10.9 Å². The summed E-state index contributed by atoms with van der Waals surface area (Å²) in [5.74, 6) is 0. The fraction of sp³-hybridized carbons (Fsp3) is 0.812. The first-order valence-corrected chi connectivity index (χ1v) is 8.42. The van der Waals surface area contributed by atoms with Crippen LogP contribution in [0.3, 0.4) is 0 Å². The smallest absolute Gasteiger partial charge is 0.0793 e. The number of rotatable bonds is 6. The molecule has 2 saturated heterocycles. The molecular weight excluding hydrogens is 280 g/mol. The molecule has 6 heteroatoms. The van der Waals surface area contributed by atoms with Crippen molar-refractivity contribution < 1.29 is 9.84 Å². The molecule has 0 radical (unpaired) electrons. The van der Waals surface area contributed by atoms with Crippen molar-refractivity contribution in [1.29, 1.82) is 0 Å². The Hall–Kier alpha value is -0.950. The van der Waals surface area contributed by atoms with E-state index in [0.29, 0.717) is 6.04 Å². The average molecular weight is 308 g/mol. The topological polar surface area (TPSA) is 53.8 Å². The zero-order chi connectivity index (χ0) is 15.4. The molecule has 2 aliphatic heterocycles. The van der Waals surface area contributed by atoms with Crippen LogP contribution in [-0.2, 0) is 11.3 Å². The third-order valence-corrected chi connectivity index (χ3v) is 4.68. The highest BCUT2D eigenvalue weighted by molar-refractivity contribution is 4.99. The Bertz CT molecular complexity index is 459. The van der Waals surface area contributed by atoms with Gasteiger partial charge in [0.2, 0.25) is 0 Å². The summed E-state index contributed by atoms with van der Waals surface area (Å²) in [6.07, 6.45) is 6.14. The number of aliphatic hydroxyl groups is 1. The molecule has 1 N–H and O–H groups in total. The maximum Gasteiger partial charge on any atom is 0.0793 e. The van der Waals surface area contributed by atoms with Gasteiger partial charge >= 0.3 is 0 Å². The molecule has 1 aromatic rings. The summed E-state index contributed by atoms with van der Waals surface area (Å²) in [5.41, 5.74) is 1.21. The first-order chi connectivity index (χ1) is 10.7. The Morgan fingerprint density at radius 1 is 1.32 bits per heavy atom. The van der Waals surface area contributed by atoms with Crippen LogP contribution in [0.2, 0.25) is 0 Å². The van der Waals surface area contributed by atoms with Gasteiger partial charge in [0.05, 0.1) is 32.1 Å². The van der Waals surface area contributed by atoms with Crippen molar-refractivity contribution >= 4 is 0 Å². The van der Waals surface area contributed by atoms with Crippen molar-refractivity contribution in [3.63, 3.8) is 0 Å². The normalized spacial score (nSPS) is 25.6. The van der Waals surface area contributed by atoms with Crippen LogP contribution in [0.25, 0.3) is 0 Å². The number of morpholine rings is 1.